The van der Waals surface area contributed by atoms with Crippen LogP contribution in [-0.4, -0.2) is 66.7 Å². The lowest BCUT2D eigenvalue weighted by Crippen LogP contribution is -2.50. The molecule has 1 saturated carbocycles. The summed E-state index contributed by atoms with van der Waals surface area (Å²) in [5.41, 5.74) is 3.32. The van der Waals surface area contributed by atoms with E-state index >= 15 is 0 Å². The third-order valence-electron chi connectivity index (χ3n) is 7.74. The van der Waals surface area contributed by atoms with Gasteiger partial charge in [0.2, 0.25) is 0 Å². The Morgan fingerprint density at radius 3 is 2.66 bits per heavy atom. The molecule has 2 heterocycles. The fourth-order valence-corrected chi connectivity index (χ4v) is 5.72. The SMILES string of the molecule is Cc1cccc(CN(CC(O)C(Cc2ccccc2)NC(=O)OC2COC3OCCC23)OC2CCCC2)c1. The number of hydrogen-bond donors (Lipinski definition) is 2. The van der Waals surface area contributed by atoms with Crippen molar-refractivity contribution in [2.24, 2.45) is 5.92 Å². The van der Waals surface area contributed by atoms with Gasteiger partial charge in [-0.2, -0.15) is 5.06 Å². The summed E-state index contributed by atoms with van der Waals surface area (Å²) in [6.45, 7) is 3.83. The third-order valence-corrected chi connectivity index (χ3v) is 7.74. The topological polar surface area (TPSA) is 89.5 Å². The Labute approximate surface area is 225 Å². The van der Waals surface area contributed by atoms with Gasteiger partial charge in [0.05, 0.1) is 43.9 Å². The monoisotopic (exact) mass is 524 g/mol. The maximum Gasteiger partial charge on any atom is 0.407 e. The molecule has 0 bridgehead atoms. The molecule has 0 radical (unpaired) electrons. The molecular formula is C30H40N2O6. The highest BCUT2D eigenvalue weighted by Crippen LogP contribution is 2.33. The molecule has 2 aliphatic heterocycles. The van der Waals surface area contributed by atoms with E-state index in [0.717, 1.165) is 43.2 Å². The summed E-state index contributed by atoms with van der Waals surface area (Å²) in [6, 6.07) is 17.6. The number of aliphatic hydroxyl groups is 1. The summed E-state index contributed by atoms with van der Waals surface area (Å²) in [6.07, 6.45) is 3.73. The van der Waals surface area contributed by atoms with Crippen LogP contribution in [0.5, 0.6) is 0 Å². The molecule has 2 saturated heterocycles. The number of hydrogen-bond acceptors (Lipinski definition) is 7. The first-order valence-corrected chi connectivity index (χ1v) is 13.9. The number of benzene rings is 2. The van der Waals surface area contributed by atoms with Crippen molar-refractivity contribution in [3.63, 3.8) is 0 Å². The standard InChI is InChI=1S/C30H40N2O6/c1-21-8-7-11-23(16-21)18-32(38-24-12-5-6-13-24)19-27(33)26(17-22-9-3-2-4-10-22)31-30(34)37-28-20-36-29-25(28)14-15-35-29/h2-4,7-11,16,24-29,33H,5-6,12-15,17-20H2,1H3,(H,31,34). The lowest BCUT2D eigenvalue weighted by Gasteiger charge is -2.31. The van der Waals surface area contributed by atoms with E-state index in [1.54, 1.807) is 0 Å². The minimum Gasteiger partial charge on any atom is -0.443 e. The van der Waals surface area contributed by atoms with E-state index in [2.05, 4.69) is 30.4 Å². The predicted octanol–water partition coefficient (Wildman–Crippen LogP) is 4.13. The highest BCUT2D eigenvalue weighted by atomic mass is 16.7. The number of carbonyl (C=O) groups excluding carboxylic acids is 1. The van der Waals surface area contributed by atoms with Crippen LogP contribution in [0.3, 0.4) is 0 Å². The van der Waals surface area contributed by atoms with Crippen molar-refractivity contribution in [3.8, 4) is 0 Å². The Hall–Kier alpha value is -2.49. The number of fused-ring (bicyclic) bond motifs is 1. The second-order valence-corrected chi connectivity index (χ2v) is 10.8. The van der Waals surface area contributed by atoms with Crippen molar-refractivity contribution in [1.82, 2.24) is 10.4 Å². The van der Waals surface area contributed by atoms with Gasteiger partial charge in [-0.15, -0.1) is 0 Å². The average Bonchev–Trinajstić information content (AvgIpc) is 3.65. The molecule has 1 amide bonds. The fourth-order valence-electron chi connectivity index (χ4n) is 5.72. The number of nitrogens with zero attached hydrogens (tertiary/aromatic N) is 1. The lowest BCUT2D eigenvalue weighted by atomic mass is 10.0. The smallest absolute Gasteiger partial charge is 0.407 e. The predicted molar refractivity (Wildman–Crippen MR) is 142 cm³/mol. The van der Waals surface area contributed by atoms with Crippen LogP contribution < -0.4 is 5.32 Å². The van der Waals surface area contributed by atoms with Gasteiger partial charge in [-0.05, 0) is 43.7 Å². The Balaban J connectivity index is 1.27. The normalized spacial score (nSPS) is 24.9. The molecule has 38 heavy (non-hydrogen) atoms. The molecule has 2 aromatic rings. The maximum atomic E-state index is 13.0. The van der Waals surface area contributed by atoms with Crippen molar-refractivity contribution >= 4 is 6.09 Å². The molecule has 5 atom stereocenters. The summed E-state index contributed by atoms with van der Waals surface area (Å²) >= 11 is 0. The Kier molecular flexibility index (Phi) is 9.30. The second kappa shape index (κ2) is 13.0. The van der Waals surface area contributed by atoms with Crippen molar-refractivity contribution in [1.29, 1.82) is 0 Å². The van der Waals surface area contributed by atoms with Gasteiger partial charge >= 0.3 is 6.09 Å². The van der Waals surface area contributed by atoms with Gasteiger partial charge in [0, 0.05) is 6.54 Å². The van der Waals surface area contributed by atoms with Gasteiger partial charge in [0.25, 0.3) is 0 Å². The highest BCUT2D eigenvalue weighted by Gasteiger charge is 2.44. The summed E-state index contributed by atoms with van der Waals surface area (Å²) in [5.74, 6) is 0.0582. The summed E-state index contributed by atoms with van der Waals surface area (Å²) in [7, 11) is 0. The third kappa shape index (κ3) is 7.33. The van der Waals surface area contributed by atoms with E-state index in [0.29, 0.717) is 26.2 Å². The second-order valence-electron chi connectivity index (χ2n) is 10.8. The maximum absolute atomic E-state index is 13.0. The van der Waals surface area contributed by atoms with Gasteiger partial charge in [0.1, 0.15) is 6.10 Å². The van der Waals surface area contributed by atoms with Gasteiger partial charge in [0.15, 0.2) is 6.29 Å². The number of hydroxylamine groups is 2. The molecule has 2 aromatic carbocycles. The van der Waals surface area contributed by atoms with E-state index in [-0.39, 0.29) is 31.0 Å². The van der Waals surface area contributed by atoms with E-state index in [1.807, 2.05) is 41.5 Å². The first-order chi connectivity index (χ1) is 18.5. The molecular weight excluding hydrogens is 484 g/mol. The summed E-state index contributed by atoms with van der Waals surface area (Å²) in [5, 5.41) is 16.3. The van der Waals surface area contributed by atoms with E-state index < -0.39 is 18.2 Å². The van der Waals surface area contributed by atoms with Crippen LogP contribution in [0.1, 0.15) is 48.8 Å². The van der Waals surface area contributed by atoms with Gasteiger partial charge in [-0.3, -0.25) is 4.84 Å². The molecule has 1 aliphatic carbocycles. The number of aryl methyl sites for hydroxylation is 1. The number of amides is 1. The number of carbonyl (C=O) groups is 1. The molecule has 2 N–H and O–H groups in total. The zero-order valence-corrected chi connectivity index (χ0v) is 22.2. The highest BCUT2D eigenvalue weighted by molar-refractivity contribution is 5.68. The van der Waals surface area contributed by atoms with Crippen LogP contribution in [0.15, 0.2) is 54.6 Å². The first kappa shape index (κ1) is 27.1. The first-order valence-electron chi connectivity index (χ1n) is 13.9. The Morgan fingerprint density at radius 2 is 1.87 bits per heavy atom. The molecule has 5 unspecified atom stereocenters. The zero-order valence-electron chi connectivity index (χ0n) is 22.2. The molecule has 5 rings (SSSR count). The van der Waals surface area contributed by atoms with Crippen LogP contribution in [-0.2, 0) is 32.0 Å². The molecule has 0 spiro atoms. The molecule has 0 aromatic heterocycles. The number of aliphatic hydroxyl groups excluding tert-OH is 1. The van der Waals surface area contributed by atoms with Crippen molar-refractivity contribution < 1.29 is 28.9 Å². The number of alkyl carbamates (subject to hydrolysis) is 1. The lowest BCUT2D eigenvalue weighted by molar-refractivity contribution is -0.214. The van der Waals surface area contributed by atoms with Crippen molar-refractivity contribution in [3.05, 3.63) is 71.3 Å². The number of rotatable bonds is 11. The van der Waals surface area contributed by atoms with Crippen molar-refractivity contribution in [2.75, 3.05) is 19.8 Å². The molecule has 3 fully saturated rings. The van der Waals surface area contributed by atoms with Gasteiger partial charge in [-0.25, -0.2) is 4.79 Å². The van der Waals surface area contributed by atoms with Crippen LogP contribution in [0.2, 0.25) is 0 Å². The molecule has 206 valence electrons. The average molecular weight is 525 g/mol. The summed E-state index contributed by atoms with van der Waals surface area (Å²) in [4.78, 5) is 19.4. The van der Waals surface area contributed by atoms with Crippen LogP contribution in [0, 0.1) is 12.8 Å². The Bertz CT molecular complexity index is 1030. The molecule has 3 aliphatic rings. The minimum absolute atomic E-state index is 0.0582. The quantitative estimate of drug-likeness (QED) is 0.427. The number of ether oxygens (including phenoxy) is 3. The van der Waals surface area contributed by atoms with Crippen molar-refractivity contribution in [2.45, 2.75) is 82.6 Å². The molecule has 8 nitrogen and oxygen atoms in total. The van der Waals surface area contributed by atoms with Crippen LogP contribution >= 0.6 is 0 Å². The largest absolute Gasteiger partial charge is 0.443 e. The minimum atomic E-state index is -0.878. The van der Waals surface area contributed by atoms with Crippen LogP contribution in [0.4, 0.5) is 4.79 Å². The Morgan fingerprint density at radius 1 is 1.08 bits per heavy atom. The van der Waals surface area contributed by atoms with E-state index in [1.165, 1.54) is 5.56 Å². The van der Waals surface area contributed by atoms with E-state index in [4.69, 9.17) is 19.0 Å². The van der Waals surface area contributed by atoms with E-state index in [9.17, 15) is 9.90 Å². The zero-order chi connectivity index (χ0) is 26.3. The van der Waals surface area contributed by atoms with Gasteiger partial charge < -0.3 is 24.6 Å². The fraction of sp³-hybridized carbons (Fsp3) is 0.567. The molecule has 8 heteroatoms. The van der Waals surface area contributed by atoms with Gasteiger partial charge in [-0.1, -0.05) is 73.0 Å². The van der Waals surface area contributed by atoms with Crippen LogP contribution in [0.25, 0.3) is 0 Å². The summed E-state index contributed by atoms with van der Waals surface area (Å²) < 4.78 is 16.9. The number of nitrogens with one attached hydrogen (secondary N) is 1.